The summed E-state index contributed by atoms with van der Waals surface area (Å²) in [6, 6.07) is 3.44. The van der Waals surface area contributed by atoms with E-state index in [-0.39, 0.29) is 18.6 Å². The molecule has 0 amide bonds. The maximum Gasteiger partial charge on any atom is 0.159 e. The zero-order chi connectivity index (χ0) is 14.9. The summed E-state index contributed by atoms with van der Waals surface area (Å²) in [5.74, 6) is -2.01. The highest BCUT2D eigenvalue weighted by Crippen LogP contribution is 2.20. The number of benzene rings is 1. The van der Waals surface area contributed by atoms with Crippen LogP contribution in [-0.2, 0) is 24.7 Å². The first kappa shape index (κ1) is 14.7. The number of ketones is 1. The molecular formula is C14H13ClF2N2O. The molecule has 0 aliphatic heterocycles. The van der Waals surface area contributed by atoms with Crippen molar-refractivity contribution in [1.29, 1.82) is 0 Å². The molecule has 106 valence electrons. The lowest BCUT2D eigenvalue weighted by atomic mass is 10.0. The van der Waals surface area contributed by atoms with Crippen molar-refractivity contribution in [2.45, 2.75) is 19.8 Å². The second kappa shape index (κ2) is 5.71. The highest BCUT2D eigenvalue weighted by molar-refractivity contribution is 6.30. The average molecular weight is 299 g/mol. The van der Waals surface area contributed by atoms with Crippen LogP contribution in [0, 0.1) is 18.6 Å². The van der Waals surface area contributed by atoms with E-state index in [9.17, 15) is 13.6 Å². The van der Waals surface area contributed by atoms with Gasteiger partial charge < -0.3 is 0 Å². The number of hydrogen-bond donors (Lipinski definition) is 0. The van der Waals surface area contributed by atoms with Crippen molar-refractivity contribution >= 4 is 17.4 Å². The van der Waals surface area contributed by atoms with Crippen LogP contribution in [0.15, 0.2) is 18.2 Å². The quantitative estimate of drug-likeness (QED) is 0.869. The topological polar surface area (TPSA) is 34.9 Å². The maximum atomic E-state index is 13.1. The summed E-state index contributed by atoms with van der Waals surface area (Å²) in [4.78, 5) is 12.0. The monoisotopic (exact) mass is 298 g/mol. The van der Waals surface area contributed by atoms with Crippen molar-refractivity contribution in [3.63, 3.8) is 0 Å². The predicted octanol–water partition coefficient (Wildman–Crippen LogP) is 3.01. The van der Waals surface area contributed by atoms with Crippen LogP contribution in [0.4, 0.5) is 8.78 Å². The average Bonchev–Trinajstić information content (AvgIpc) is 2.61. The van der Waals surface area contributed by atoms with E-state index < -0.39 is 11.6 Å². The van der Waals surface area contributed by atoms with Gasteiger partial charge in [-0.2, -0.15) is 5.10 Å². The molecule has 0 atom stereocenters. The molecule has 3 nitrogen and oxygen atoms in total. The van der Waals surface area contributed by atoms with Gasteiger partial charge in [0.25, 0.3) is 0 Å². The van der Waals surface area contributed by atoms with E-state index >= 15 is 0 Å². The molecule has 2 rings (SSSR count). The van der Waals surface area contributed by atoms with E-state index in [1.165, 1.54) is 10.7 Å². The lowest BCUT2D eigenvalue weighted by Gasteiger charge is -2.03. The van der Waals surface area contributed by atoms with E-state index in [0.29, 0.717) is 22.0 Å². The number of aromatic nitrogens is 2. The fraction of sp³-hybridized carbons (Fsp3) is 0.286. The third-order valence-corrected chi connectivity index (χ3v) is 3.50. The Morgan fingerprint density at radius 3 is 2.55 bits per heavy atom. The minimum absolute atomic E-state index is 0.0296. The smallest absolute Gasteiger partial charge is 0.159 e. The minimum atomic E-state index is -0.953. The predicted molar refractivity (Wildman–Crippen MR) is 71.7 cm³/mol. The molecule has 1 heterocycles. The molecule has 0 bridgehead atoms. The Labute approximate surface area is 120 Å². The van der Waals surface area contributed by atoms with E-state index in [2.05, 4.69) is 5.10 Å². The molecular weight excluding hydrogens is 286 g/mol. The maximum absolute atomic E-state index is 13.1. The lowest BCUT2D eigenvalue weighted by molar-refractivity contribution is -0.117. The van der Waals surface area contributed by atoms with Crippen molar-refractivity contribution in [3.05, 3.63) is 51.8 Å². The van der Waals surface area contributed by atoms with Crippen LogP contribution in [-0.4, -0.2) is 15.6 Å². The number of nitrogens with zero attached hydrogens (tertiary/aromatic N) is 2. The largest absolute Gasteiger partial charge is 0.299 e. The van der Waals surface area contributed by atoms with Crippen LogP contribution in [0.5, 0.6) is 0 Å². The molecule has 0 aliphatic carbocycles. The number of rotatable bonds is 4. The summed E-state index contributed by atoms with van der Waals surface area (Å²) in [5.41, 5.74) is 1.80. The van der Waals surface area contributed by atoms with E-state index in [1.54, 1.807) is 14.0 Å². The Bertz CT molecular complexity index is 667. The van der Waals surface area contributed by atoms with Crippen LogP contribution >= 0.6 is 11.6 Å². The van der Waals surface area contributed by atoms with Crippen molar-refractivity contribution in [2.75, 3.05) is 0 Å². The number of aryl methyl sites for hydroxylation is 2. The third kappa shape index (κ3) is 3.04. The second-order valence-electron chi connectivity index (χ2n) is 4.62. The Morgan fingerprint density at radius 2 is 2.00 bits per heavy atom. The van der Waals surface area contributed by atoms with Gasteiger partial charge in [0.2, 0.25) is 0 Å². The summed E-state index contributed by atoms with van der Waals surface area (Å²) in [5, 5.41) is 4.54. The fourth-order valence-electron chi connectivity index (χ4n) is 2.01. The van der Waals surface area contributed by atoms with Crippen LogP contribution in [0.25, 0.3) is 0 Å². The molecule has 2 aromatic rings. The number of carbonyl (C=O) groups is 1. The van der Waals surface area contributed by atoms with Crippen LogP contribution in [0.1, 0.15) is 16.8 Å². The fourth-order valence-corrected chi connectivity index (χ4v) is 2.25. The van der Waals surface area contributed by atoms with Gasteiger partial charge in [0.05, 0.1) is 5.69 Å². The molecule has 0 saturated heterocycles. The number of halogens is 3. The Kier molecular flexibility index (Phi) is 4.18. The SMILES string of the molecule is Cc1nn(C)c(Cl)c1CC(=O)Cc1ccc(F)c(F)c1. The molecule has 0 aliphatic rings. The minimum Gasteiger partial charge on any atom is -0.299 e. The Morgan fingerprint density at radius 1 is 1.30 bits per heavy atom. The second-order valence-corrected chi connectivity index (χ2v) is 4.98. The molecule has 1 aromatic carbocycles. The van der Waals surface area contributed by atoms with Gasteiger partial charge in [-0.15, -0.1) is 0 Å². The van der Waals surface area contributed by atoms with Gasteiger partial charge in [-0.05, 0) is 24.6 Å². The van der Waals surface area contributed by atoms with Crippen LogP contribution in [0.2, 0.25) is 5.15 Å². The van der Waals surface area contributed by atoms with Crippen LogP contribution in [0.3, 0.4) is 0 Å². The van der Waals surface area contributed by atoms with Crippen LogP contribution < -0.4 is 0 Å². The Balaban J connectivity index is 2.11. The van der Waals surface area contributed by atoms with Gasteiger partial charge in [-0.3, -0.25) is 9.48 Å². The van der Waals surface area contributed by atoms with Gasteiger partial charge >= 0.3 is 0 Å². The Hall–Kier alpha value is -1.75. The van der Waals surface area contributed by atoms with E-state index in [1.807, 2.05) is 0 Å². The summed E-state index contributed by atoms with van der Waals surface area (Å²) in [6.07, 6.45) is 0.152. The summed E-state index contributed by atoms with van der Waals surface area (Å²) >= 11 is 6.05. The molecule has 0 fully saturated rings. The molecule has 0 unspecified atom stereocenters. The lowest BCUT2D eigenvalue weighted by Crippen LogP contribution is -2.08. The molecule has 0 N–H and O–H groups in total. The number of Topliss-reactive ketones (excluding diaryl/α,β-unsaturated/α-hetero) is 1. The zero-order valence-corrected chi connectivity index (χ0v) is 11.8. The first-order valence-corrected chi connectivity index (χ1v) is 6.40. The van der Waals surface area contributed by atoms with Crippen molar-refractivity contribution in [2.24, 2.45) is 7.05 Å². The van der Waals surface area contributed by atoms with Gasteiger partial charge in [-0.1, -0.05) is 17.7 Å². The summed E-state index contributed by atoms with van der Waals surface area (Å²) in [6.45, 7) is 1.77. The third-order valence-electron chi connectivity index (χ3n) is 3.03. The standard InChI is InChI=1S/C14H13ClF2N2O/c1-8-11(14(15)19(2)18-8)7-10(20)5-9-3-4-12(16)13(17)6-9/h3-4,6H,5,7H2,1-2H3. The molecule has 6 heteroatoms. The first-order valence-electron chi connectivity index (χ1n) is 6.02. The number of carbonyl (C=O) groups excluding carboxylic acids is 1. The first-order chi connectivity index (χ1) is 9.38. The molecule has 20 heavy (non-hydrogen) atoms. The van der Waals surface area contributed by atoms with Gasteiger partial charge in [0, 0.05) is 25.5 Å². The van der Waals surface area contributed by atoms with E-state index in [0.717, 1.165) is 12.1 Å². The molecule has 0 saturated carbocycles. The molecule has 0 spiro atoms. The van der Waals surface area contributed by atoms with Gasteiger partial charge in [-0.25, -0.2) is 8.78 Å². The molecule has 0 radical (unpaired) electrons. The van der Waals surface area contributed by atoms with Gasteiger partial charge in [0.15, 0.2) is 11.6 Å². The highest BCUT2D eigenvalue weighted by atomic mass is 35.5. The number of hydrogen-bond acceptors (Lipinski definition) is 2. The normalized spacial score (nSPS) is 10.8. The van der Waals surface area contributed by atoms with Crippen molar-refractivity contribution in [3.8, 4) is 0 Å². The van der Waals surface area contributed by atoms with E-state index in [4.69, 9.17) is 11.6 Å². The molecule has 1 aromatic heterocycles. The van der Waals surface area contributed by atoms with Crippen molar-refractivity contribution < 1.29 is 13.6 Å². The summed E-state index contributed by atoms with van der Waals surface area (Å²) in [7, 11) is 1.69. The van der Waals surface area contributed by atoms with Crippen molar-refractivity contribution in [1.82, 2.24) is 9.78 Å². The summed E-state index contributed by atoms with van der Waals surface area (Å²) < 4.78 is 27.4. The zero-order valence-electron chi connectivity index (χ0n) is 11.1. The van der Waals surface area contributed by atoms with Gasteiger partial charge in [0.1, 0.15) is 10.9 Å². The highest BCUT2D eigenvalue weighted by Gasteiger charge is 2.15.